The summed E-state index contributed by atoms with van der Waals surface area (Å²) in [5, 5.41) is 2.76. The minimum absolute atomic E-state index is 0.0177. The number of fused-ring (bicyclic) bond motifs is 1. The third-order valence-corrected chi connectivity index (χ3v) is 8.23. The minimum atomic E-state index is -0.837. The molecule has 0 unspecified atom stereocenters. The van der Waals surface area contributed by atoms with Crippen molar-refractivity contribution in [2.45, 2.75) is 89.6 Å². The summed E-state index contributed by atoms with van der Waals surface area (Å²) < 4.78 is 0. The molecular formula is C30H36N2O2. The molecule has 34 heavy (non-hydrogen) atoms. The number of hydrogen-bond acceptors (Lipinski definition) is 2. The van der Waals surface area contributed by atoms with Crippen molar-refractivity contribution in [1.82, 2.24) is 10.2 Å². The SMILES string of the molecule is Cc1cc2c(cc1C1(c3ccc(CN4C(=O)NC(C)(C)C4=O)cc3)CC1)C(C)(C)C=CC2(C)C. The molecule has 4 heteroatoms. The van der Waals surface area contributed by atoms with Crippen molar-refractivity contribution >= 4 is 11.9 Å². The van der Waals surface area contributed by atoms with Gasteiger partial charge in [-0.2, -0.15) is 0 Å². The summed E-state index contributed by atoms with van der Waals surface area (Å²) in [6.45, 7) is 15.3. The molecule has 3 aliphatic rings. The van der Waals surface area contributed by atoms with Crippen LogP contribution in [0.2, 0.25) is 0 Å². The zero-order valence-corrected chi connectivity index (χ0v) is 21.5. The van der Waals surface area contributed by atoms with Crippen LogP contribution in [-0.2, 0) is 27.6 Å². The number of amides is 3. The smallest absolute Gasteiger partial charge is 0.324 e. The van der Waals surface area contributed by atoms with E-state index < -0.39 is 5.54 Å². The average Bonchev–Trinajstić information content (AvgIpc) is 3.53. The van der Waals surface area contributed by atoms with Crippen molar-refractivity contribution < 1.29 is 9.59 Å². The number of urea groups is 1. The Hall–Kier alpha value is -2.88. The van der Waals surface area contributed by atoms with Gasteiger partial charge in [-0.05, 0) is 67.0 Å². The number of nitrogens with one attached hydrogen (secondary N) is 1. The first-order valence-electron chi connectivity index (χ1n) is 12.4. The Bertz CT molecular complexity index is 1230. The number of aryl methyl sites for hydroxylation is 1. The third-order valence-electron chi connectivity index (χ3n) is 8.23. The third kappa shape index (κ3) is 3.41. The maximum Gasteiger partial charge on any atom is 0.325 e. The molecule has 5 rings (SSSR count). The van der Waals surface area contributed by atoms with Crippen LogP contribution in [0.15, 0.2) is 48.6 Å². The van der Waals surface area contributed by atoms with Gasteiger partial charge in [0.15, 0.2) is 0 Å². The van der Waals surface area contributed by atoms with E-state index in [1.165, 1.54) is 32.7 Å². The molecule has 1 saturated heterocycles. The van der Waals surface area contributed by atoms with Crippen molar-refractivity contribution in [2.24, 2.45) is 0 Å². The largest absolute Gasteiger partial charge is 0.325 e. The number of benzene rings is 2. The first-order chi connectivity index (χ1) is 15.8. The number of carbonyl (C=O) groups excluding carboxylic acids is 2. The van der Waals surface area contributed by atoms with Gasteiger partial charge in [0.2, 0.25) is 0 Å². The monoisotopic (exact) mass is 456 g/mol. The van der Waals surface area contributed by atoms with Gasteiger partial charge in [-0.3, -0.25) is 9.69 Å². The van der Waals surface area contributed by atoms with Crippen molar-refractivity contribution in [3.8, 4) is 0 Å². The Labute approximate surface area is 203 Å². The van der Waals surface area contributed by atoms with Crippen LogP contribution in [0.25, 0.3) is 0 Å². The molecule has 0 spiro atoms. The molecule has 3 amide bonds. The molecule has 0 aromatic heterocycles. The molecule has 0 radical (unpaired) electrons. The lowest BCUT2D eigenvalue weighted by atomic mass is 9.66. The fourth-order valence-electron chi connectivity index (χ4n) is 5.80. The van der Waals surface area contributed by atoms with Gasteiger partial charge in [-0.1, -0.05) is 76.2 Å². The molecule has 1 N–H and O–H groups in total. The van der Waals surface area contributed by atoms with E-state index in [4.69, 9.17) is 0 Å². The highest BCUT2D eigenvalue weighted by Gasteiger charge is 2.48. The van der Waals surface area contributed by atoms with E-state index >= 15 is 0 Å². The molecule has 1 aliphatic heterocycles. The van der Waals surface area contributed by atoms with Crippen molar-refractivity contribution in [1.29, 1.82) is 0 Å². The van der Waals surface area contributed by atoms with Gasteiger partial charge in [0.05, 0.1) is 6.54 Å². The van der Waals surface area contributed by atoms with Crippen LogP contribution in [0.1, 0.15) is 87.8 Å². The predicted molar refractivity (Wildman–Crippen MR) is 136 cm³/mol. The van der Waals surface area contributed by atoms with Crippen LogP contribution < -0.4 is 5.32 Å². The Morgan fingerprint density at radius 3 is 1.88 bits per heavy atom. The zero-order valence-electron chi connectivity index (χ0n) is 21.5. The maximum absolute atomic E-state index is 12.6. The molecule has 2 aliphatic carbocycles. The number of allylic oxidation sites excluding steroid dienone is 2. The van der Waals surface area contributed by atoms with Crippen molar-refractivity contribution in [3.63, 3.8) is 0 Å². The van der Waals surface area contributed by atoms with Crippen LogP contribution in [0.4, 0.5) is 4.79 Å². The molecule has 0 bridgehead atoms. The van der Waals surface area contributed by atoms with E-state index in [2.05, 4.69) is 88.5 Å². The molecule has 178 valence electrons. The molecule has 4 nitrogen and oxygen atoms in total. The first kappa shape index (κ1) is 22.9. The molecule has 2 aromatic carbocycles. The van der Waals surface area contributed by atoms with Gasteiger partial charge in [0, 0.05) is 16.2 Å². The highest BCUT2D eigenvalue weighted by Crippen LogP contribution is 2.56. The number of rotatable bonds is 4. The topological polar surface area (TPSA) is 49.4 Å². The Kier molecular flexibility index (Phi) is 4.76. The summed E-state index contributed by atoms with van der Waals surface area (Å²) in [5.41, 5.74) is 7.24. The standard InChI is InChI=1S/C30H36N2O2/c1-19-16-23-24(28(4,5)13-12-27(23,2)3)17-22(19)30(14-15-30)21-10-8-20(9-11-21)18-32-25(33)29(6,7)31-26(32)34/h8-13,16-17H,14-15,18H2,1-7H3,(H,31,34). The zero-order chi connectivity index (χ0) is 24.7. The molecule has 2 fully saturated rings. The van der Waals surface area contributed by atoms with Crippen LogP contribution >= 0.6 is 0 Å². The quantitative estimate of drug-likeness (QED) is 0.451. The van der Waals surface area contributed by atoms with Gasteiger partial charge >= 0.3 is 6.03 Å². The summed E-state index contributed by atoms with van der Waals surface area (Å²) in [5.74, 6) is -0.176. The van der Waals surface area contributed by atoms with E-state index in [-0.39, 0.29) is 28.2 Å². The van der Waals surface area contributed by atoms with Crippen LogP contribution in [0.5, 0.6) is 0 Å². The predicted octanol–water partition coefficient (Wildman–Crippen LogP) is 6.03. The molecular weight excluding hydrogens is 420 g/mol. The molecule has 1 heterocycles. The van der Waals surface area contributed by atoms with E-state index in [0.29, 0.717) is 6.54 Å². The van der Waals surface area contributed by atoms with E-state index in [0.717, 1.165) is 18.4 Å². The minimum Gasteiger partial charge on any atom is -0.324 e. The second-order valence-corrected chi connectivity index (χ2v) is 12.2. The summed E-state index contributed by atoms with van der Waals surface area (Å²) in [7, 11) is 0. The summed E-state index contributed by atoms with van der Waals surface area (Å²) in [4.78, 5) is 26.1. The van der Waals surface area contributed by atoms with Crippen LogP contribution in [0, 0.1) is 6.92 Å². The van der Waals surface area contributed by atoms with Crippen molar-refractivity contribution in [3.05, 3.63) is 81.9 Å². The summed E-state index contributed by atoms with van der Waals surface area (Å²) >= 11 is 0. The Morgan fingerprint density at radius 1 is 0.824 bits per heavy atom. The number of nitrogens with zero attached hydrogens (tertiary/aromatic N) is 1. The van der Waals surface area contributed by atoms with Crippen LogP contribution in [-0.4, -0.2) is 22.4 Å². The summed E-state index contributed by atoms with van der Waals surface area (Å²) in [6, 6.07) is 13.1. The highest BCUT2D eigenvalue weighted by molar-refractivity contribution is 6.06. The van der Waals surface area contributed by atoms with Crippen LogP contribution in [0.3, 0.4) is 0 Å². The van der Waals surface area contributed by atoms with Gasteiger partial charge < -0.3 is 5.32 Å². The second-order valence-electron chi connectivity index (χ2n) is 12.2. The second kappa shape index (κ2) is 7.07. The lowest BCUT2D eigenvalue weighted by Crippen LogP contribution is -2.40. The van der Waals surface area contributed by atoms with Gasteiger partial charge in [-0.15, -0.1) is 0 Å². The van der Waals surface area contributed by atoms with E-state index in [1.54, 1.807) is 13.8 Å². The first-order valence-corrected chi connectivity index (χ1v) is 12.4. The van der Waals surface area contributed by atoms with E-state index in [1.807, 2.05) is 0 Å². The normalized spacial score (nSPS) is 23.0. The lowest BCUT2D eigenvalue weighted by Gasteiger charge is -2.38. The fourth-order valence-corrected chi connectivity index (χ4v) is 5.80. The van der Waals surface area contributed by atoms with Gasteiger partial charge in [-0.25, -0.2) is 4.79 Å². The molecule has 2 aromatic rings. The number of imide groups is 1. The number of carbonyl (C=O) groups is 2. The number of hydrogen-bond donors (Lipinski definition) is 1. The Balaban J connectivity index is 1.46. The lowest BCUT2D eigenvalue weighted by molar-refractivity contribution is -0.130. The highest BCUT2D eigenvalue weighted by atomic mass is 16.2. The van der Waals surface area contributed by atoms with Crippen molar-refractivity contribution in [2.75, 3.05) is 0 Å². The van der Waals surface area contributed by atoms with Gasteiger partial charge in [0.1, 0.15) is 5.54 Å². The molecule has 1 saturated carbocycles. The maximum atomic E-state index is 12.6. The fraction of sp³-hybridized carbons (Fsp3) is 0.467. The van der Waals surface area contributed by atoms with Gasteiger partial charge in [0.25, 0.3) is 5.91 Å². The average molecular weight is 457 g/mol. The van der Waals surface area contributed by atoms with E-state index in [9.17, 15) is 9.59 Å². The molecule has 0 atom stereocenters. The Morgan fingerprint density at radius 2 is 1.38 bits per heavy atom. The summed E-state index contributed by atoms with van der Waals surface area (Å²) in [6.07, 6.45) is 7.01.